The molecule has 128 valence electrons. The molecule has 6 nitrogen and oxygen atoms in total. The predicted molar refractivity (Wildman–Crippen MR) is 96.3 cm³/mol. The van der Waals surface area contributed by atoms with Gasteiger partial charge in [-0.25, -0.2) is 13.8 Å². The van der Waals surface area contributed by atoms with Gasteiger partial charge in [0.2, 0.25) is 5.91 Å². The van der Waals surface area contributed by atoms with E-state index >= 15 is 0 Å². The number of benzene rings is 2. The highest BCUT2D eigenvalue weighted by Gasteiger charge is 2.21. The van der Waals surface area contributed by atoms with E-state index in [2.05, 4.69) is 26.2 Å². The number of carbonyl (C=O) groups is 1. The summed E-state index contributed by atoms with van der Waals surface area (Å²) < 4.78 is 15.2. The second-order valence-electron chi connectivity index (χ2n) is 5.44. The molecule has 1 amide bonds. The van der Waals surface area contributed by atoms with Crippen molar-refractivity contribution in [3.8, 4) is 0 Å². The fraction of sp³-hybridized carbons (Fsp3) is 0.118. The lowest BCUT2D eigenvalue weighted by Crippen LogP contribution is -2.41. The molecule has 0 radical (unpaired) electrons. The van der Waals surface area contributed by atoms with Crippen molar-refractivity contribution in [3.63, 3.8) is 0 Å². The van der Waals surface area contributed by atoms with E-state index in [4.69, 9.17) is 0 Å². The molecule has 0 aliphatic carbocycles. The van der Waals surface area contributed by atoms with Gasteiger partial charge in [-0.1, -0.05) is 28.1 Å². The molecule has 0 fully saturated rings. The van der Waals surface area contributed by atoms with E-state index in [0.29, 0.717) is 9.99 Å². The first-order valence-corrected chi connectivity index (χ1v) is 8.17. The number of rotatable bonds is 3. The second-order valence-corrected chi connectivity index (χ2v) is 6.36. The summed E-state index contributed by atoms with van der Waals surface area (Å²) in [6, 6.07) is 9.55. The molecule has 2 N–H and O–H groups in total. The maximum atomic E-state index is 13.9. The van der Waals surface area contributed by atoms with E-state index in [1.54, 1.807) is 30.3 Å². The topological polar surface area (TPSA) is 84.0 Å². The summed E-state index contributed by atoms with van der Waals surface area (Å²) in [7, 11) is 0. The van der Waals surface area contributed by atoms with Gasteiger partial charge in [-0.15, -0.1) is 0 Å². The fourth-order valence-corrected chi connectivity index (χ4v) is 2.81. The Morgan fingerprint density at radius 2 is 1.96 bits per heavy atom. The van der Waals surface area contributed by atoms with Gasteiger partial charge in [0.1, 0.15) is 11.9 Å². The first-order valence-electron chi connectivity index (χ1n) is 7.38. The van der Waals surface area contributed by atoms with Gasteiger partial charge in [0, 0.05) is 4.47 Å². The van der Waals surface area contributed by atoms with Gasteiger partial charge in [-0.2, -0.15) is 0 Å². The number of para-hydroxylation sites is 1. The van der Waals surface area contributed by atoms with Gasteiger partial charge >= 0.3 is 5.69 Å². The minimum absolute atomic E-state index is 0.0367. The molecule has 25 heavy (non-hydrogen) atoms. The third kappa shape index (κ3) is 3.25. The highest BCUT2D eigenvalue weighted by molar-refractivity contribution is 9.10. The minimum Gasteiger partial charge on any atom is -0.322 e. The van der Waals surface area contributed by atoms with Gasteiger partial charge in [0.25, 0.3) is 5.56 Å². The molecule has 8 heteroatoms. The molecule has 2 aromatic carbocycles. The smallest absolute Gasteiger partial charge is 0.322 e. The summed E-state index contributed by atoms with van der Waals surface area (Å²) in [6.07, 6.45) is 0. The summed E-state index contributed by atoms with van der Waals surface area (Å²) >= 11 is 3.13. The van der Waals surface area contributed by atoms with Crippen LogP contribution < -0.4 is 16.6 Å². The van der Waals surface area contributed by atoms with Crippen LogP contribution in [0, 0.1) is 5.82 Å². The fourth-order valence-electron chi connectivity index (χ4n) is 2.47. The maximum absolute atomic E-state index is 13.9. The molecule has 0 bridgehead atoms. The molecule has 3 rings (SSSR count). The number of hydrogen-bond acceptors (Lipinski definition) is 3. The van der Waals surface area contributed by atoms with Gasteiger partial charge in [0.05, 0.1) is 16.6 Å². The number of nitrogens with zero attached hydrogens (tertiary/aromatic N) is 1. The van der Waals surface area contributed by atoms with Crippen LogP contribution in [0.4, 0.5) is 10.1 Å². The molecule has 0 aliphatic heterocycles. The lowest BCUT2D eigenvalue weighted by Gasteiger charge is -2.15. The Kier molecular flexibility index (Phi) is 4.54. The van der Waals surface area contributed by atoms with Crippen LogP contribution in [0.3, 0.4) is 0 Å². The molecule has 3 aromatic rings. The lowest BCUT2D eigenvalue weighted by atomic mass is 10.2. The van der Waals surface area contributed by atoms with Crippen molar-refractivity contribution in [3.05, 3.63) is 73.6 Å². The maximum Gasteiger partial charge on any atom is 0.329 e. The Morgan fingerprint density at radius 1 is 1.24 bits per heavy atom. The van der Waals surface area contributed by atoms with Crippen LogP contribution in [0.15, 0.2) is 56.5 Å². The van der Waals surface area contributed by atoms with Crippen molar-refractivity contribution < 1.29 is 9.18 Å². The molecular weight excluding hydrogens is 393 g/mol. The van der Waals surface area contributed by atoms with Crippen LogP contribution in [-0.4, -0.2) is 15.5 Å². The third-order valence-electron chi connectivity index (χ3n) is 3.79. The monoisotopic (exact) mass is 405 g/mol. The Morgan fingerprint density at radius 3 is 2.68 bits per heavy atom. The number of nitrogens with one attached hydrogen (secondary N) is 2. The van der Waals surface area contributed by atoms with Gasteiger partial charge in [-0.05, 0) is 37.3 Å². The lowest BCUT2D eigenvalue weighted by molar-refractivity contribution is -0.119. The number of aromatic amines is 1. The predicted octanol–water partition coefficient (Wildman–Crippen LogP) is 2.79. The normalized spacial score (nSPS) is 12.1. The van der Waals surface area contributed by atoms with Crippen molar-refractivity contribution in [1.82, 2.24) is 9.55 Å². The Balaban J connectivity index is 1.99. The van der Waals surface area contributed by atoms with Gasteiger partial charge < -0.3 is 10.3 Å². The molecular formula is C17H13BrFN3O3. The second kappa shape index (κ2) is 6.64. The third-order valence-corrected chi connectivity index (χ3v) is 4.29. The Hall–Kier alpha value is -2.74. The summed E-state index contributed by atoms with van der Waals surface area (Å²) in [6.45, 7) is 1.40. The summed E-state index contributed by atoms with van der Waals surface area (Å²) in [5.74, 6) is -1.31. The molecule has 0 aliphatic rings. The van der Waals surface area contributed by atoms with E-state index < -0.39 is 29.0 Å². The Labute approximate surface area is 149 Å². The molecule has 0 saturated carbocycles. The van der Waals surface area contributed by atoms with Crippen molar-refractivity contribution >= 4 is 38.4 Å². The number of halogens is 2. The molecule has 1 unspecified atom stereocenters. The minimum atomic E-state index is -1.12. The molecule has 0 saturated heterocycles. The van der Waals surface area contributed by atoms with Crippen LogP contribution in [0.25, 0.3) is 10.9 Å². The average Bonchev–Trinajstić information content (AvgIpc) is 2.57. The quantitative estimate of drug-likeness (QED) is 0.702. The first-order chi connectivity index (χ1) is 11.9. The van der Waals surface area contributed by atoms with Crippen molar-refractivity contribution in [2.45, 2.75) is 13.0 Å². The van der Waals surface area contributed by atoms with Crippen LogP contribution in [-0.2, 0) is 4.79 Å². The zero-order valence-electron chi connectivity index (χ0n) is 13.0. The number of fused-ring (bicyclic) bond motifs is 1. The van der Waals surface area contributed by atoms with Gasteiger partial charge in [0.15, 0.2) is 0 Å². The van der Waals surface area contributed by atoms with Crippen molar-refractivity contribution in [2.24, 2.45) is 0 Å². The number of hydrogen-bond donors (Lipinski definition) is 2. The Bertz CT molecular complexity index is 1090. The summed E-state index contributed by atoms with van der Waals surface area (Å²) in [5, 5.41) is 2.68. The highest BCUT2D eigenvalue weighted by Crippen LogP contribution is 2.20. The number of H-pyrrole nitrogens is 1. The highest BCUT2D eigenvalue weighted by atomic mass is 79.9. The number of aromatic nitrogens is 2. The molecule has 1 aromatic heterocycles. The standard InChI is InChI=1S/C17H13BrFN3O3/c1-9(15(23)20-14-7-6-10(18)8-12(14)19)22-16(24)11-4-2-3-5-13(11)21-17(22)25/h2-9H,1H3,(H,20,23)(H,21,25). The zero-order valence-corrected chi connectivity index (χ0v) is 14.6. The number of anilines is 1. The van der Waals surface area contributed by atoms with E-state index in [1.165, 1.54) is 19.1 Å². The van der Waals surface area contributed by atoms with E-state index in [9.17, 15) is 18.8 Å². The van der Waals surface area contributed by atoms with Gasteiger partial charge in [-0.3, -0.25) is 9.59 Å². The first kappa shape index (κ1) is 17.1. The summed E-state index contributed by atoms with van der Waals surface area (Å²) in [4.78, 5) is 39.7. The van der Waals surface area contributed by atoms with Crippen molar-refractivity contribution in [2.75, 3.05) is 5.32 Å². The average molecular weight is 406 g/mol. The van der Waals surface area contributed by atoms with Crippen LogP contribution >= 0.6 is 15.9 Å². The summed E-state index contributed by atoms with van der Waals surface area (Å²) in [5.41, 5.74) is -0.938. The van der Waals surface area contributed by atoms with E-state index in [1.807, 2.05) is 0 Å². The van der Waals surface area contributed by atoms with Crippen LogP contribution in [0.5, 0.6) is 0 Å². The number of carbonyl (C=O) groups excluding carboxylic acids is 1. The molecule has 0 spiro atoms. The van der Waals surface area contributed by atoms with Crippen molar-refractivity contribution in [1.29, 1.82) is 0 Å². The van der Waals surface area contributed by atoms with E-state index in [-0.39, 0.29) is 11.1 Å². The zero-order chi connectivity index (χ0) is 18.1. The largest absolute Gasteiger partial charge is 0.329 e. The van der Waals surface area contributed by atoms with Crippen LogP contribution in [0.2, 0.25) is 0 Å². The molecule has 1 heterocycles. The number of amides is 1. The molecule has 1 atom stereocenters. The van der Waals surface area contributed by atoms with Crippen LogP contribution in [0.1, 0.15) is 13.0 Å². The SMILES string of the molecule is CC(C(=O)Nc1ccc(Br)cc1F)n1c(=O)[nH]c2ccccc2c1=O. The van der Waals surface area contributed by atoms with E-state index in [0.717, 1.165) is 4.57 Å².